The highest BCUT2D eigenvalue weighted by molar-refractivity contribution is 9.12. The minimum atomic E-state index is -0.0351. The lowest BCUT2D eigenvalue weighted by molar-refractivity contribution is 0.0953. The van der Waals surface area contributed by atoms with Gasteiger partial charge in [0.25, 0.3) is 5.91 Å². The lowest BCUT2D eigenvalue weighted by atomic mass is 10.3. The topological polar surface area (TPSA) is 41.1 Å². The van der Waals surface area contributed by atoms with Crippen LogP contribution >= 0.6 is 43.2 Å². The van der Waals surface area contributed by atoms with Crippen LogP contribution in [0.3, 0.4) is 0 Å². The second-order valence-electron chi connectivity index (χ2n) is 3.24. The summed E-state index contributed by atoms with van der Waals surface area (Å²) in [7, 11) is 0. The molecule has 1 rings (SSSR count). The van der Waals surface area contributed by atoms with Crippen LogP contribution in [0.2, 0.25) is 0 Å². The number of amides is 1. The Kier molecular flexibility index (Phi) is 6.57. The molecule has 90 valence electrons. The van der Waals surface area contributed by atoms with Gasteiger partial charge in [0.05, 0.1) is 13.1 Å². The average molecular weight is 370 g/mol. The minimum absolute atomic E-state index is 0.0351. The molecule has 1 aromatic heterocycles. The van der Waals surface area contributed by atoms with E-state index in [1.54, 1.807) is 0 Å². The summed E-state index contributed by atoms with van der Waals surface area (Å²) in [5, 5.41) is 6.10. The fourth-order valence-corrected chi connectivity index (χ4v) is 3.95. The van der Waals surface area contributed by atoms with Crippen molar-refractivity contribution in [2.75, 3.05) is 19.6 Å². The number of carbonyl (C=O) groups is 1. The van der Waals surface area contributed by atoms with Gasteiger partial charge in [0.1, 0.15) is 0 Å². The van der Waals surface area contributed by atoms with Gasteiger partial charge in [-0.15, -0.1) is 11.3 Å². The van der Waals surface area contributed by atoms with Gasteiger partial charge >= 0.3 is 0 Å². The van der Waals surface area contributed by atoms with Crippen molar-refractivity contribution in [3.05, 3.63) is 19.2 Å². The summed E-state index contributed by atoms with van der Waals surface area (Å²) in [4.78, 5) is 11.7. The zero-order chi connectivity index (χ0) is 12.0. The zero-order valence-corrected chi connectivity index (χ0v) is 13.0. The van der Waals surface area contributed by atoms with E-state index in [0.29, 0.717) is 12.1 Å². The fraction of sp³-hybridized carbons (Fsp3) is 0.500. The molecular weight excluding hydrogens is 356 g/mol. The molecule has 0 spiro atoms. The highest BCUT2D eigenvalue weighted by Gasteiger charge is 2.12. The van der Waals surface area contributed by atoms with Crippen molar-refractivity contribution < 1.29 is 4.79 Å². The third kappa shape index (κ3) is 4.53. The summed E-state index contributed by atoms with van der Waals surface area (Å²) in [6.07, 6.45) is 1.11. The van der Waals surface area contributed by atoms with Crippen LogP contribution in [0.4, 0.5) is 0 Å². The molecule has 0 fully saturated rings. The van der Waals surface area contributed by atoms with E-state index >= 15 is 0 Å². The Bertz CT molecular complexity index is 355. The van der Waals surface area contributed by atoms with Crippen molar-refractivity contribution in [1.29, 1.82) is 0 Å². The van der Waals surface area contributed by atoms with Gasteiger partial charge in [-0.25, -0.2) is 0 Å². The third-order valence-corrected chi connectivity index (χ3v) is 4.25. The Balaban J connectivity index is 2.33. The van der Waals surface area contributed by atoms with Crippen LogP contribution in [0, 0.1) is 0 Å². The number of thiophene rings is 1. The zero-order valence-electron chi connectivity index (χ0n) is 8.98. The fourth-order valence-electron chi connectivity index (χ4n) is 1.16. The second kappa shape index (κ2) is 7.42. The standard InChI is InChI=1S/C10H14Br2N2OS/c1-2-3-13-4-5-14-10(15)7-6-8(11)16-9(7)12/h6,13H,2-5H2,1H3,(H,14,15). The summed E-state index contributed by atoms with van der Waals surface area (Å²) in [6.45, 7) is 4.57. The van der Waals surface area contributed by atoms with Crippen molar-refractivity contribution in [1.82, 2.24) is 10.6 Å². The Morgan fingerprint density at radius 3 is 2.69 bits per heavy atom. The molecule has 2 N–H and O–H groups in total. The number of halogens is 2. The molecule has 0 saturated carbocycles. The van der Waals surface area contributed by atoms with Gasteiger partial charge in [-0.05, 0) is 50.9 Å². The Hall–Kier alpha value is 0.0900. The molecule has 0 atom stereocenters. The molecule has 0 radical (unpaired) electrons. The van der Waals surface area contributed by atoms with Gasteiger partial charge in [-0.1, -0.05) is 6.92 Å². The van der Waals surface area contributed by atoms with E-state index < -0.39 is 0 Å². The molecule has 0 aliphatic rings. The van der Waals surface area contributed by atoms with E-state index in [9.17, 15) is 4.79 Å². The third-order valence-electron chi connectivity index (χ3n) is 1.92. The summed E-state index contributed by atoms with van der Waals surface area (Å²) in [5.74, 6) is -0.0351. The first-order chi connectivity index (χ1) is 7.65. The van der Waals surface area contributed by atoms with Crippen LogP contribution in [0.1, 0.15) is 23.7 Å². The van der Waals surface area contributed by atoms with E-state index in [1.165, 1.54) is 11.3 Å². The maximum atomic E-state index is 11.7. The van der Waals surface area contributed by atoms with Gasteiger partial charge < -0.3 is 10.6 Å². The molecular formula is C10H14Br2N2OS. The number of nitrogens with one attached hydrogen (secondary N) is 2. The lowest BCUT2D eigenvalue weighted by Gasteiger charge is -2.05. The van der Waals surface area contributed by atoms with E-state index in [1.807, 2.05) is 6.07 Å². The largest absolute Gasteiger partial charge is 0.351 e. The SMILES string of the molecule is CCCNCCNC(=O)c1cc(Br)sc1Br. The van der Waals surface area contributed by atoms with Gasteiger partial charge in [0.2, 0.25) is 0 Å². The van der Waals surface area contributed by atoms with E-state index in [2.05, 4.69) is 49.4 Å². The minimum Gasteiger partial charge on any atom is -0.351 e. The van der Waals surface area contributed by atoms with E-state index in [4.69, 9.17) is 0 Å². The Morgan fingerprint density at radius 2 is 2.12 bits per heavy atom. The molecule has 0 aromatic carbocycles. The quantitative estimate of drug-likeness (QED) is 0.757. The molecule has 1 heterocycles. The maximum Gasteiger partial charge on any atom is 0.253 e. The van der Waals surface area contributed by atoms with Crippen LogP contribution in [-0.4, -0.2) is 25.5 Å². The molecule has 1 aromatic rings. The van der Waals surface area contributed by atoms with Crippen LogP contribution in [0.15, 0.2) is 13.6 Å². The van der Waals surface area contributed by atoms with Crippen molar-refractivity contribution in [3.63, 3.8) is 0 Å². The molecule has 0 bridgehead atoms. The average Bonchev–Trinajstić information content (AvgIpc) is 2.57. The predicted molar refractivity (Wildman–Crippen MR) is 75.2 cm³/mol. The van der Waals surface area contributed by atoms with Crippen LogP contribution in [-0.2, 0) is 0 Å². The van der Waals surface area contributed by atoms with Crippen molar-refractivity contribution in [2.45, 2.75) is 13.3 Å². The molecule has 1 amide bonds. The van der Waals surface area contributed by atoms with Crippen LogP contribution < -0.4 is 10.6 Å². The van der Waals surface area contributed by atoms with Gasteiger partial charge in [-0.3, -0.25) is 4.79 Å². The van der Waals surface area contributed by atoms with Crippen molar-refractivity contribution in [2.24, 2.45) is 0 Å². The summed E-state index contributed by atoms with van der Waals surface area (Å²) in [5.41, 5.74) is 0.687. The van der Waals surface area contributed by atoms with Crippen molar-refractivity contribution >= 4 is 49.1 Å². The first kappa shape index (κ1) is 14.2. The molecule has 0 unspecified atom stereocenters. The second-order valence-corrected chi connectivity index (χ2v) is 6.99. The molecule has 0 saturated heterocycles. The normalized spacial score (nSPS) is 10.4. The van der Waals surface area contributed by atoms with Gasteiger partial charge in [0, 0.05) is 13.1 Å². The number of hydrogen-bond acceptors (Lipinski definition) is 3. The van der Waals surface area contributed by atoms with Gasteiger partial charge in [0.15, 0.2) is 0 Å². The van der Waals surface area contributed by atoms with Crippen LogP contribution in [0.5, 0.6) is 0 Å². The first-order valence-electron chi connectivity index (χ1n) is 5.09. The highest BCUT2D eigenvalue weighted by atomic mass is 79.9. The monoisotopic (exact) mass is 368 g/mol. The number of hydrogen-bond donors (Lipinski definition) is 2. The Labute approximate surface area is 116 Å². The predicted octanol–water partition coefficient (Wildman–Crippen LogP) is 3.00. The van der Waals surface area contributed by atoms with E-state index in [-0.39, 0.29) is 5.91 Å². The van der Waals surface area contributed by atoms with Gasteiger partial charge in [-0.2, -0.15) is 0 Å². The first-order valence-corrected chi connectivity index (χ1v) is 7.49. The van der Waals surface area contributed by atoms with Crippen molar-refractivity contribution in [3.8, 4) is 0 Å². The number of carbonyl (C=O) groups excluding carboxylic acids is 1. The smallest absolute Gasteiger partial charge is 0.253 e. The van der Waals surface area contributed by atoms with E-state index in [0.717, 1.165) is 27.1 Å². The Morgan fingerprint density at radius 1 is 1.38 bits per heavy atom. The molecule has 0 aliphatic carbocycles. The highest BCUT2D eigenvalue weighted by Crippen LogP contribution is 2.31. The molecule has 6 heteroatoms. The summed E-state index contributed by atoms with van der Waals surface area (Å²) in [6, 6.07) is 1.82. The lowest BCUT2D eigenvalue weighted by Crippen LogP contribution is -2.32. The summed E-state index contributed by atoms with van der Waals surface area (Å²) >= 11 is 8.22. The molecule has 3 nitrogen and oxygen atoms in total. The maximum absolute atomic E-state index is 11.7. The van der Waals surface area contributed by atoms with Crippen LogP contribution in [0.25, 0.3) is 0 Å². The summed E-state index contributed by atoms with van der Waals surface area (Å²) < 4.78 is 1.81. The molecule has 0 aliphatic heterocycles. The number of rotatable bonds is 6. The molecule has 16 heavy (non-hydrogen) atoms.